The molecule has 0 aliphatic carbocycles. The van der Waals surface area contributed by atoms with Crippen LogP contribution in [0.5, 0.6) is 5.88 Å². The van der Waals surface area contributed by atoms with Gasteiger partial charge in [0.1, 0.15) is 18.2 Å². The first-order valence-corrected chi connectivity index (χ1v) is 7.78. The highest BCUT2D eigenvalue weighted by atomic mass is 35.5. The summed E-state index contributed by atoms with van der Waals surface area (Å²) in [6.07, 6.45) is 1.63. The number of pyridine rings is 1. The third-order valence-corrected chi connectivity index (χ3v) is 3.49. The molecule has 0 spiro atoms. The Morgan fingerprint density at radius 3 is 2.92 bits per heavy atom. The van der Waals surface area contributed by atoms with Crippen molar-refractivity contribution in [2.75, 3.05) is 6.61 Å². The van der Waals surface area contributed by atoms with Gasteiger partial charge in [0.2, 0.25) is 5.88 Å². The number of aromatic nitrogens is 1. The van der Waals surface area contributed by atoms with Crippen molar-refractivity contribution in [1.29, 1.82) is 0 Å². The largest absolute Gasteiger partial charge is 0.472 e. The second-order valence-electron chi connectivity index (χ2n) is 5.28. The van der Waals surface area contributed by atoms with Crippen molar-refractivity contribution in [2.24, 2.45) is 0 Å². The Morgan fingerprint density at radius 2 is 2.17 bits per heavy atom. The van der Waals surface area contributed by atoms with Crippen LogP contribution in [0.15, 0.2) is 58.7 Å². The standard InChI is InChI=1S/C18H16ClFN2O2/c1-12(19)11-24-18-14(9-21-10-16-3-2-6-23-16)7-13-4-5-15(20)8-17(13)22-18/h2-8,21H,1,9-11H2. The molecule has 2 aromatic heterocycles. The summed E-state index contributed by atoms with van der Waals surface area (Å²) in [6.45, 7) is 4.83. The number of rotatable bonds is 7. The van der Waals surface area contributed by atoms with Gasteiger partial charge in [-0.3, -0.25) is 0 Å². The molecule has 24 heavy (non-hydrogen) atoms. The summed E-state index contributed by atoms with van der Waals surface area (Å²) in [4.78, 5) is 4.40. The molecule has 3 aromatic rings. The molecule has 2 heterocycles. The number of ether oxygens (including phenoxy) is 1. The molecule has 6 heteroatoms. The first kappa shape index (κ1) is 16.5. The van der Waals surface area contributed by atoms with Gasteiger partial charge in [-0.15, -0.1) is 0 Å². The quantitative estimate of drug-likeness (QED) is 0.689. The van der Waals surface area contributed by atoms with Crippen LogP contribution >= 0.6 is 11.6 Å². The molecule has 1 N–H and O–H groups in total. The monoisotopic (exact) mass is 346 g/mol. The molecular formula is C18H16ClFN2O2. The topological polar surface area (TPSA) is 47.3 Å². The van der Waals surface area contributed by atoms with Gasteiger partial charge < -0.3 is 14.5 Å². The van der Waals surface area contributed by atoms with Crippen LogP contribution in [0, 0.1) is 5.82 Å². The molecule has 0 aliphatic rings. The lowest BCUT2D eigenvalue weighted by molar-refractivity contribution is 0.340. The van der Waals surface area contributed by atoms with Crippen LogP contribution < -0.4 is 10.1 Å². The molecule has 0 unspecified atom stereocenters. The fourth-order valence-electron chi connectivity index (χ4n) is 2.30. The van der Waals surface area contributed by atoms with Gasteiger partial charge in [0.25, 0.3) is 0 Å². The van der Waals surface area contributed by atoms with E-state index in [0.29, 0.717) is 29.5 Å². The summed E-state index contributed by atoms with van der Waals surface area (Å²) in [7, 11) is 0. The number of fused-ring (bicyclic) bond motifs is 1. The third kappa shape index (κ3) is 4.13. The van der Waals surface area contributed by atoms with Crippen molar-refractivity contribution < 1.29 is 13.5 Å². The van der Waals surface area contributed by atoms with Crippen LogP contribution in [0.4, 0.5) is 4.39 Å². The Morgan fingerprint density at radius 1 is 1.29 bits per heavy atom. The molecule has 0 radical (unpaired) electrons. The Balaban J connectivity index is 1.83. The van der Waals surface area contributed by atoms with Crippen LogP contribution in [-0.2, 0) is 13.1 Å². The zero-order valence-electron chi connectivity index (χ0n) is 12.9. The number of halogens is 2. The molecule has 0 aliphatic heterocycles. The van der Waals surface area contributed by atoms with E-state index in [9.17, 15) is 4.39 Å². The molecule has 0 bridgehead atoms. The average molecular weight is 347 g/mol. The molecule has 1 aromatic carbocycles. The zero-order valence-corrected chi connectivity index (χ0v) is 13.6. The highest BCUT2D eigenvalue weighted by Gasteiger charge is 2.10. The summed E-state index contributed by atoms with van der Waals surface area (Å²) >= 11 is 5.76. The number of benzene rings is 1. The maximum atomic E-state index is 13.4. The van der Waals surface area contributed by atoms with Crippen LogP contribution in [0.3, 0.4) is 0 Å². The number of nitrogens with one attached hydrogen (secondary N) is 1. The average Bonchev–Trinajstić information content (AvgIpc) is 3.06. The molecule has 3 rings (SSSR count). The number of nitrogens with zero attached hydrogens (tertiary/aromatic N) is 1. The molecule has 0 amide bonds. The van der Waals surface area contributed by atoms with E-state index in [1.807, 2.05) is 18.2 Å². The summed E-state index contributed by atoms with van der Waals surface area (Å²) in [5, 5.41) is 4.47. The van der Waals surface area contributed by atoms with E-state index >= 15 is 0 Å². The van der Waals surface area contributed by atoms with Crippen molar-refractivity contribution >= 4 is 22.5 Å². The van der Waals surface area contributed by atoms with E-state index < -0.39 is 0 Å². The van der Waals surface area contributed by atoms with Gasteiger partial charge in [-0.1, -0.05) is 18.2 Å². The molecule has 0 saturated heterocycles. The Hall–Kier alpha value is -2.37. The summed E-state index contributed by atoms with van der Waals surface area (Å²) in [5.41, 5.74) is 1.37. The fourth-order valence-corrected chi connectivity index (χ4v) is 2.35. The highest BCUT2D eigenvalue weighted by Crippen LogP contribution is 2.24. The normalized spacial score (nSPS) is 10.9. The molecule has 0 fully saturated rings. The fraction of sp³-hybridized carbons (Fsp3) is 0.167. The maximum absolute atomic E-state index is 13.4. The van der Waals surface area contributed by atoms with Crippen LogP contribution in [0.25, 0.3) is 10.9 Å². The summed E-state index contributed by atoms with van der Waals surface area (Å²) in [6, 6.07) is 10.1. The second-order valence-corrected chi connectivity index (χ2v) is 5.81. The minimum absolute atomic E-state index is 0.139. The predicted molar refractivity (Wildman–Crippen MR) is 91.4 cm³/mol. The lowest BCUT2D eigenvalue weighted by Gasteiger charge is -2.12. The number of hydrogen-bond acceptors (Lipinski definition) is 4. The smallest absolute Gasteiger partial charge is 0.218 e. The summed E-state index contributed by atoms with van der Waals surface area (Å²) < 4.78 is 24.3. The van der Waals surface area contributed by atoms with E-state index in [0.717, 1.165) is 16.7 Å². The van der Waals surface area contributed by atoms with Crippen molar-refractivity contribution in [2.45, 2.75) is 13.1 Å². The van der Waals surface area contributed by atoms with E-state index in [-0.39, 0.29) is 12.4 Å². The van der Waals surface area contributed by atoms with E-state index in [2.05, 4.69) is 16.9 Å². The van der Waals surface area contributed by atoms with Crippen molar-refractivity contribution in [3.8, 4) is 5.88 Å². The van der Waals surface area contributed by atoms with Crippen LogP contribution in [-0.4, -0.2) is 11.6 Å². The van der Waals surface area contributed by atoms with Crippen molar-refractivity contribution in [1.82, 2.24) is 10.3 Å². The van der Waals surface area contributed by atoms with E-state index in [1.165, 1.54) is 12.1 Å². The Bertz CT molecular complexity index is 850. The van der Waals surface area contributed by atoms with Crippen molar-refractivity contribution in [3.05, 3.63) is 71.4 Å². The van der Waals surface area contributed by atoms with Gasteiger partial charge >= 0.3 is 0 Å². The molecule has 4 nitrogen and oxygen atoms in total. The van der Waals surface area contributed by atoms with Gasteiger partial charge in [0.15, 0.2) is 0 Å². The first-order chi connectivity index (χ1) is 11.6. The Labute approximate surface area is 143 Å². The van der Waals surface area contributed by atoms with Gasteiger partial charge in [0, 0.05) is 28.6 Å². The summed E-state index contributed by atoms with van der Waals surface area (Å²) in [5.74, 6) is 0.899. The zero-order chi connectivity index (χ0) is 16.9. The molecule has 0 atom stereocenters. The number of furan rings is 1. The second kappa shape index (κ2) is 7.47. The predicted octanol–water partition coefficient (Wildman–Crippen LogP) is 4.39. The SMILES string of the molecule is C=C(Cl)COc1nc2cc(F)ccc2cc1CNCc1ccco1. The highest BCUT2D eigenvalue weighted by molar-refractivity contribution is 6.29. The van der Waals surface area contributed by atoms with Crippen LogP contribution in [0.2, 0.25) is 0 Å². The minimum atomic E-state index is -0.341. The number of hydrogen-bond donors (Lipinski definition) is 1. The van der Waals surface area contributed by atoms with Crippen molar-refractivity contribution in [3.63, 3.8) is 0 Å². The molecule has 124 valence electrons. The lowest BCUT2D eigenvalue weighted by Crippen LogP contribution is -2.14. The minimum Gasteiger partial charge on any atom is -0.472 e. The van der Waals surface area contributed by atoms with Gasteiger partial charge in [0.05, 0.1) is 18.3 Å². The third-order valence-electron chi connectivity index (χ3n) is 3.38. The molecule has 0 saturated carbocycles. The lowest BCUT2D eigenvalue weighted by atomic mass is 10.1. The Kier molecular flexibility index (Phi) is 5.13. The van der Waals surface area contributed by atoms with E-state index in [1.54, 1.807) is 12.3 Å². The first-order valence-electron chi connectivity index (χ1n) is 7.40. The van der Waals surface area contributed by atoms with Crippen LogP contribution in [0.1, 0.15) is 11.3 Å². The molecular weight excluding hydrogens is 331 g/mol. The van der Waals surface area contributed by atoms with Gasteiger partial charge in [-0.05, 0) is 30.3 Å². The van der Waals surface area contributed by atoms with Gasteiger partial charge in [-0.2, -0.15) is 0 Å². The maximum Gasteiger partial charge on any atom is 0.218 e. The van der Waals surface area contributed by atoms with Gasteiger partial charge in [-0.25, -0.2) is 9.37 Å². The van der Waals surface area contributed by atoms with E-state index in [4.69, 9.17) is 20.8 Å².